The second kappa shape index (κ2) is 5.77. The third-order valence-corrected chi connectivity index (χ3v) is 2.48. The molecule has 8 heteroatoms. The minimum Gasteiger partial charge on any atom is -0.480 e. The zero-order chi connectivity index (χ0) is 13.8. The normalized spacial score (nSPS) is 10.6. The number of hydrogen-bond donors (Lipinski definition) is 1. The zero-order valence-electron chi connectivity index (χ0n) is 9.47. The van der Waals surface area contributed by atoms with E-state index in [1.165, 1.54) is 18.2 Å². The van der Waals surface area contributed by atoms with Crippen LogP contribution in [0.4, 0.5) is 4.39 Å². The molecule has 2 aromatic rings. The lowest BCUT2D eigenvalue weighted by Crippen LogP contribution is -2.06. The molecule has 0 radical (unpaired) electrons. The zero-order valence-corrected chi connectivity index (χ0v) is 10.2. The molecule has 0 saturated carbocycles. The van der Waals surface area contributed by atoms with E-state index in [1.54, 1.807) is 0 Å². The number of nitrogens with zero attached hydrogens (tertiary/aromatic N) is 2. The van der Waals surface area contributed by atoms with Gasteiger partial charge in [-0.05, 0) is 12.1 Å². The first kappa shape index (κ1) is 13.4. The number of ether oxygens (including phenoxy) is 1. The van der Waals surface area contributed by atoms with E-state index in [4.69, 9.17) is 25.9 Å². The van der Waals surface area contributed by atoms with E-state index in [0.717, 1.165) is 0 Å². The Morgan fingerprint density at radius 2 is 2.26 bits per heavy atom. The Morgan fingerprint density at radius 3 is 3.00 bits per heavy atom. The van der Waals surface area contributed by atoms with Gasteiger partial charge in [0.2, 0.25) is 11.8 Å². The molecule has 0 aliphatic carbocycles. The molecule has 0 amide bonds. The van der Waals surface area contributed by atoms with E-state index in [-0.39, 0.29) is 29.0 Å². The van der Waals surface area contributed by atoms with Crippen molar-refractivity contribution < 1.29 is 23.4 Å². The van der Waals surface area contributed by atoms with Crippen molar-refractivity contribution in [2.24, 2.45) is 0 Å². The molecule has 0 fully saturated rings. The van der Waals surface area contributed by atoms with Crippen molar-refractivity contribution in [3.8, 4) is 11.5 Å². The monoisotopic (exact) mass is 286 g/mol. The van der Waals surface area contributed by atoms with Crippen molar-refractivity contribution in [2.45, 2.75) is 6.61 Å². The van der Waals surface area contributed by atoms with Gasteiger partial charge in [0.1, 0.15) is 19.0 Å². The highest BCUT2D eigenvalue weighted by Gasteiger charge is 2.14. The van der Waals surface area contributed by atoms with E-state index in [2.05, 4.69) is 10.2 Å². The molecule has 0 aliphatic heterocycles. The summed E-state index contributed by atoms with van der Waals surface area (Å²) in [6, 6.07) is 4.20. The summed E-state index contributed by atoms with van der Waals surface area (Å²) in [7, 11) is 0. The van der Waals surface area contributed by atoms with Gasteiger partial charge in [0.15, 0.2) is 0 Å². The maximum absolute atomic E-state index is 13.3. The molecule has 0 atom stereocenters. The highest BCUT2D eigenvalue weighted by atomic mass is 35.5. The van der Waals surface area contributed by atoms with E-state index < -0.39 is 18.4 Å². The van der Waals surface area contributed by atoms with Gasteiger partial charge in [-0.15, -0.1) is 10.2 Å². The van der Waals surface area contributed by atoms with Gasteiger partial charge in [-0.3, -0.25) is 0 Å². The third kappa shape index (κ3) is 3.27. The smallest absolute Gasteiger partial charge is 0.329 e. The van der Waals surface area contributed by atoms with Crippen molar-refractivity contribution >= 4 is 17.6 Å². The summed E-state index contributed by atoms with van der Waals surface area (Å²) in [6.07, 6.45) is 0. The van der Waals surface area contributed by atoms with Crippen molar-refractivity contribution in [1.82, 2.24) is 10.2 Å². The van der Waals surface area contributed by atoms with Gasteiger partial charge in [0.25, 0.3) is 0 Å². The summed E-state index contributed by atoms with van der Waals surface area (Å²) >= 11 is 5.77. The molecule has 2 rings (SSSR count). The Kier molecular flexibility index (Phi) is 4.08. The summed E-state index contributed by atoms with van der Waals surface area (Å²) in [5.74, 6) is -1.58. The summed E-state index contributed by atoms with van der Waals surface area (Å²) < 4.78 is 23.2. The molecular weight excluding hydrogens is 279 g/mol. The molecule has 19 heavy (non-hydrogen) atoms. The quantitative estimate of drug-likeness (QED) is 0.906. The molecule has 0 spiro atoms. The van der Waals surface area contributed by atoms with Gasteiger partial charge in [0, 0.05) is 0 Å². The predicted octanol–water partition coefficient (Wildman–Crippen LogP) is 2.13. The van der Waals surface area contributed by atoms with Crippen molar-refractivity contribution in [3.63, 3.8) is 0 Å². The molecule has 1 heterocycles. The number of halogens is 2. The summed E-state index contributed by atoms with van der Waals surface area (Å²) in [4.78, 5) is 10.2. The molecule has 0 aliphatic rings. The fourth-order valence-corrected chi connectivity index (χ4v) is 1.52. The van der Waals surface area contributed by atoms with Crippen LogP contribution in [0.2, 0.25) is 5.02 Å². The second-order valence-corrected chi connectivity index (χ2v) is 3.87. The maximum Gasteiger partial charge on any atom is 0.329 e. The van der Waals surface area contributed by atoms with Gasteiger partial charge in [-0.2, -0.15) is 0 Å². The Balaban J connectivity index is 2.12. The Hall–Kier alpha value is -1.99. The fourth-order valence-electron chi connectivity index (χ4n) is 1.32. The highest BCUT2D eigenvalue weighted by Crippen LogP contribution is 2.28. The third-order valence-electron chi connectivity index (χ3n) is 2.10. The molecule has 0 bridgehead atoms. The van der Waals surface area contributed by atoms with Crippen LogP contribution in [0.3, 0.4) is 0 Å². The van der Waals surface area contributed by atoms with Gasteiger partial charge in [0.05, 0.1) is 10.6 Å². The highest BCUT2D eigenvalue weighted by molar-refractivity contribution is 6.33. The van der Waals surface area contributed by atoms with E-state index in [1.807, 2.05) is 0 Å². The number of carbonyl (C=O) groups is 1. The van der Waals surface area contributed by atoms with Crippen LogP contribution in [0.5, 0.6) is 0 Å². The van der Waals surface area contributed by atoms with Crippen molar-refractivity contribution in [3.05, 3.63) is 34.9 Å². The Labute approximate surface area is 111 Å². The first-order chi connectivity index (χ1) is 9.08. The minimum absolute atomic E-state index is 0.0402. The van der Waals surface area contributed by atoms with Crippen LogP contribution in [-0.2, 0) is 16.1 Å². The molecular formula is C11H8ClFN2O4. The SMILES string of the molecule is O=C(O)COCc1nnc(-c2cccc(F)c2Cl)o1. The summed E-state index contributed by atoms with van der Waals surface area (Å²) in [6.45, 7) is -0.620. The number of carboxylic acids is 1. The Bertz CT molecular complexity index is 602. The molecule has 1 aromatic carbocycles. The van der Waals surface area contributed by atoms with Crippen molar-refractivity contribution in [1.29, 1.82) is 0 Å². The lowest BCUT2D eigenvalue weighted by atomic mass is 10.2. The molecule has 100 valence electrons. The summed E-state index contributed by atoms with van der Waals surface area (Å²) in [5, 5.41) is 15.6. The average Bonchev–Trinajstić information content (AvgIpc) is 2.81. The molecule has 0 unspecified atom stereocenters. The van der Waals surface area contributed by atoms with Gasteiger partial charge in [-0.25, -0.2) is 9.18 Å². The van der Waals surface area contributed by atoms with Crippen LogP contribution in [0.1, 0.15) is 5.89 Å². The van der Waals surface area contributed by atoms with Crippen LogP contribution in [0.15, 0.2) is 22.6 Å². The van der Waals surface area contributed by atoms with E-state index in [0.29, 0.717) is 0 Å². The first-order valence-electron chi connectivity index (χ1n) is 5.14. The van der Waals surface area contributed by atoms with Crippen LogP contribution in [0, 0.1) is 5.82 Å². The number of aromatic nitrogens is 2. The molecule has 1 N–H and O–H groups in total. The fraction of sp³-hybridized carbons (Fsp3) is 0.182. The first-order valence-corrected chi connectivity index (χ1v) is 5.52. The van der Waals surface area contributed by atoms with Gasteiger partial charge < -0.3 is 14.3 Å². The predicted molar refractivity (Wildman–Crippen MR) is 62.0 cm³/mol. The van der Waals surface area contributed by atoms with Crippen LogP contribution >= 0.6 is 11.6 Å². The lowest BCUT2D eigenvalue weighted by molar-refractivity contribution is -0.142. The molecule has 0 saturated heterocycles. The second-order valence-electron chi connectivity index (χ2n) is 3.49. The average molecular weight is 287 g/mol. The standard InChI is InChI=1S/C11H8ClFN2O4/c12-10-6(2-1-3-7(10)13)11-15-14-8(19-11)4-18-5-9(16)17/h1-3H,4-5H2,(H,16,17). The maximum atomic E-state index is 13.3. The van der Waals surface area contributed by atoms with E-state index >= 15 is 0 Å². The lowest BCUT2D eigenvalue weighted by Gasteiger charge is -1.99. The molecule has 1 aromatic heterocycles. The Morgan fingerprint density at radius 1 is 1.47 bits per heavy atom. The number of aliphatic carboxylic acids is 1. The topological polar surface area (TPSA) is 85.5 Å². The molecule has 6 nitrogen and oxygen atoms in total. The van der Waals surface area contributed by atoms with Crippen LogP contribution in [-0.4, -0.2) is 27.9 Å². The van der Waals surface area contributed by atoms with E-state index in [9.17, 15) is 9.18 Å². The number of hydrogen-bond acceptors (Lipinski definition) is 5. The largest absolute Gasteiger partial charge is 0.480 e. The minimum atomic E-state index is -1.10. The van der Waals surface area contributed by atoms with Crippen LogP contribution in [0.25, 0.3) is 11.5 Å². The summed E-state index contributed by atoms with van der Waals surface area (Å²) in [5.41, 5.74) is 0.263. The van der Waals surface area contributed by atoms with Crippen LogP contribution < -0.4 is 0 Å². The number of carboxylic acid groups (broad SMARTS) is 1. The van der Waals surface area contributed by atoms with Gasteiger partial charge >= 0.3 is 5.97 Å². The van der Waals surface area contributed by atoms with Gasteiger partial charge in [-0.1, -0.05) is 17.7 Å². The number of rotatable bonds is 5. The van der Waals surface area contributed by atoms with Crippen molar-refractivity contribution in [2.75, 3.05) is 6.61 Å². The number of benzene rings is 1.